The summed E-state index contributed by atoms with van der Waals surface area (Å²) in [5.74, 6) is -9.63. The highest BCUT2D eigenvalue weighted by atomic mass is 16.7. The average Bonchev–Trinajstić information content (AvgIpc) is 3.39. The summed E-state index contributed by atoms with van der Waals surface area (Å²) in [5.41, 5.74) is 0.243. The SMILES string of the molecule is CO[C@H]1C[C@@H]2CC[C@@H](C)[C@@](O)(O2)C(=O)C(=O)N2CCCC[C@H]2C(=O)O[C@H]([C@H](C)C[C@@H]2CC[C@@H](OC(=O)C3(C)COC(C)(C)OC3)[C@H](OC)C2)CC(=O)[C@H](C)C=C(C)[C@@H](O)[C@@H](OC)C(=O)[C@H](C)C[C@H](C)C=CC=CC=C1C. The summed E-state index contributed by atoms with van der Waals surface area (Å²) in [6, 6.07) is -1.18. The molecule has 0 aromatic rings. The number of ether oxygens (including phenoxy) is 8. The molecule has 1 amide bonds. The van der Waals surface area contributed by atoms with E-state index in [4.69, 9.17) is 37.9 Å². The van der Waals surface area contributed by atoms with E-state index < -0.39 is 113 Å². The van der Waals surface area contributed by atoms with Gasteiger partial charge in [-0.2, -0.15) is 0 Å². The number of hydrogen-bond donors (Lipinski definition) is 2. The second kappa shape index (κ2) is 27.8. The van der Waals surface area contributed by atoms with Crippen molar-refractivity contribution in [3.8, 4) is 0 Å². The predicted molar refractivity (Wildman–Crippen MR) is 283 cm³/mol. The van der Waals surface area contributed by atoms with Gasteiger partial charge in [-0.05, 0) is 128 Å². The van der Waals surface area contributed by atoms with Crippen LogP contribution < -0.4 is 0 Å². The van der Waals surface area contributed by atoms with Crippen LogP contribution in [-0.4, -0.2) is 152 Å². The Morgan fingerprint density at radius 1 is 0.829 bits per heavy atom. The van der Waals surface area contributed by atoms with E-state index in [0.717, 1.165) is 5.57 Å². The van der Waals surface area contributed by atoms with E-state index in [1.807, 2.05) is 58.1 Å². The molecular formula is C59H91NO16. The number of allylic oxidation sites excluding steroid dienone is 6. The van der Waals surface area contributed by atoms with Crippen LogP contribution in [0.1, 0.15) is 146 Å². The maximum atomic E-state index is 14.6. The van der Waals surface area contributed by atoms with Crippen LogP contribution in [0.15, 0.2) is 47.6 Å². The molecule has 3 saturated heterocycles. The largest absolute Gasteiger partial charge is 0.460 e. The minimum Gasteiger partial charge on any atom is -0.460 e. The molecule has 1 aliphatic carbocycles. The summed E-state index contributed by atoms with van der Waals surface area (Å²) in [6.07, 6.45) is 10.5. The third-order valence-corrected chi connectivity index (χ3v) is 16.7. The lowest BCUT2D eigenvalue weighted by Crippen LogP contribution is -2.61. The fourth-order valence-corrected chi connectivity index (χ4v) is 11.4. The molecule has 0 unspecified atom stereocenters. The quantitative estimate of drug-likeness (QED) is 0.136. The lowest BCUT2D eigenvalue weighted by atomic mass is 9.78. The van der Waals surface area contributed by atoms with E-state index in [1.165, 1.54) is 12.0 Å². The standard InChI is InChI=1S/C59H91NO16/c1-35-19-15-14-16-20-36(2)47(69-11)31-43-24-22-41(7)59(68,76-43)53(64)54(65)60-26-18-17-21-44(60)55(66)74-48(32-45(61)37(3)28-40(6)51(63)52(71-13)50(62)39(5)27-35)38(4)29-42-23-25-46(49(30-42)70-12)75-56(67)58(10)33-72-57(8,9)73-34-58/h14-16,19-20,28,35,37-39,41-44,46-49,51-52,63,68H,17-18,21-27,29-34H2,1-13H3/t35-,37-,38-,39-,41-,42+,43+,44+,46-,47+,48+,49-,51-,52+,59-/m1/s1. The molecule has 15 atom stereocenters. The van der Waals surface area contributed by atoms with Crippen molar-refractivity contribution in [1.29, 1.82) is 0 Å². The number of rotatable bonds is 8. The molecule has 5 rings (SSSR count). The van der Waals surface area contributed by atoms with Crippen LogP contribution in [0.5, 0.6) is 0 Å². The van der Waals surface area contributed by atoms with Crippen molar-refractivity contribution in [2.75, 3.05) is 41.1 Å². The maximum absolute atomic E-state index is 14.6. The normalized spacial score (nSPS) is 36.6. The monoisotopic (exact) mass is 1070 g/mol. The minimum atomic E-state index is -2.46. The lowest BCUT2D eigenvalue weighted by Gasteiger charge is -2.43. The number of Topliss-reactive ketones (excluding diaryl/α,β-unsaturated/α-hetero) is 3. The number of aliphatic hydroxyl groups is 2. The van der Waals surface area contributed by atoms with Gasteiger partial charge in [0, 0.05) is 58.5 Å². The molecule has 0 aromatic heterocycles. The van der Waals surface area contributed by atoms with Crippen molar-refractivity contribution in [2.45, 2.75) is 207 Å². The number of methoxy groups -OCH3 is 3. The molecule has 2 bridgehead atoms. The van der Waals surface area contributed by atoms with E-state index in [2.05, 4.69) is 0 Å². The van der Waals surface area contributed by atoms with Gasteiger partial charge in [0.25, 0.3) is 11.7 Å². The number of piperidine rings is 1. The zero-order valence-corrected chi connectivity index (χ0v) is 47.7. The Balaban J connectivity index is 1.43. The van der Waals surface area contributed by atoms with Crippen LogP contribution in [0.3, 0.4) is 0 Å². The van der Waals surface area contributed by atoms with Crippen LogP contribution >= 0.6 is 0 Å². The van der Waals surface area contributed by atoms with Gasteiger partial charge in [-0.25, -0.2) is 4.79 Å². The molecule has 0 aromatic carbocycles. The number of amides is 1. The van der Waals surface area contributed by atoms with Crippen molar-refractivity contribution in [3.05, 3.63) is 47.6 Å². The number of ketones is 3. The van der Waals surface area contributed by atoms with Crippen molar-refractivity contribution < 1.29 is 76.9 Å². The molecule has 4 aliphatic heterocycles. The average molecular weight is 1070 g/mol. The van der Waals surface area contributed by atoms with E-state index >= 15 is 0 Å². The number of cyclic esters (lactones) is 1. The van der Waals surface area contributed by atoms with Gasteiger partial charge in [0.15, 0.2) is 11.6 Å². The molecule has 428 valence electrons. The molecule has 4 fully saturated rings. The highest BCUT2D eigenvalue weighted by molar-refractivity contribution is 6.39. The first-order chi connectivity index (χ1) is 35.8. The topological polar surface area (TPSA) is 220 Å². The van der Waals surface area contributed by atoms with Crippen LogP contribution in [0.2, 0.25) is 0 Å². The van der Waals surface area contributed by atoms with Gasteiger partial charge < -0.3 is 53.0 Å². The number of fused-ring (bicyclic) bond motifs is 3. The zero-order chi connectivity index (χ0) is 56.3. The first-order valence-electron chi connectivity index (χ1n) is 27.8. The minimum absolute atomic E-state index is 0.000496. The summed E-state index contributed by atoms with van der Waals surface area (Å²) in [7, 11) is 4.52. The van der Waals surface area contributed by atoms with Crippen molar-refractivity contribution >= 4 is 35.2 Å². The Morgan fingerprint density at radius 3 is 2.18 bits per heavy atom. The molecule has 0 radical (unpaired) electrons. The van der Waals surface area contributed by atoms with Gasteiger partial charge in [0.1, 0.15) is 41.7 Å². The summed E-state index contributed by atoms with van der Waals surface area (Å²) >= 11 is 0. The molecular weight excluding hydrogens is 979 g/mol. The van der Waals surface area contributed by atoms with Gasteiger partial charge >= 0.3 is 11.9 Å². The Morgan fingerprint density at radius 2 is 1.53 bits per heavy atom. The van der Waals surface area contributed by atoms with Gasteiger partial charge in [0.2, 0.25) is 5.79 Å². The molecule has 17 nitrogen and oxygen atoms in total. The van der Waals surface area contributed by atoms with Crippen LogP contribution in [-0.2, 0) is 66.7 Å². The van der Waals surface area contributed by atoms with E-state index in [-0.39, 0.29) is 56.0 Å². The fraction of sp³-hybridized carbons (Fsp3) is 0.763. The first kappa shape index (κ1) is 62.9. The first-order valence-corrected chi connectivity index (χ1v) is 27.8. The highest BCUT2D eigenvalue weighted by Crippen LogP contribution is 2.39. The number of esters is 2. The van der Waals surface area contributed by atoms with E-state index in [0.29, 0.717) is 69.8 Å². The van der Waals surface area contributed by atoms with E-state index in [1.54, 1.807) is 61.8 Å². The fourth-order valence-electron chi connectivity index (χ4n) is 11.4. The molecule has 0 spiro atoms. The smallest absolute Gasteiger partial charge is 0.329 e. The number of hydrogen-bond acceptors (Lipinski definition) is 16. The second-order valence-electron chi connectivity index (χ2n) is 23.5. The van der Waals surface area contributed by atoms with Crippen molar-refractivity contribution in [2.24, 2.45) is 40.9 Å². The van der Waals surface area contributed by atoms with Gasteiger partial charge in [-0.1, -0.05) is 71.1 Å². The number of aliphatic hydroxyl groups excluding tert-OH is 1. The molecule has 2 N–H and O–H groups in total. The number of carbonyl (C=O) groups excluding carboxylic acids is 6. The number of carbonyl (C=O) groups is 6. The lowest BCUT2D eigenvalue weighted by molar-refractivity contribution is -0.283. The van der Waals surface area contributed by atoms with Crippen molar-refractivity contribution in [1.82, 2.24) is 4.90 Å². The molecule has 1 saturated carbocycles. The molecule has 5 aliphatic rings. The summed E-state index contributed by atoms with van der Waals surface area (Å²) in [4.78, 5) is 86.3. The van der Waals surface area contributed by atoms with Gasteiger partial charge in [-0.3, -0.25) is 24.0 Å². The Labute approximate surface area is 451 Å². The van der Waals surface area contributed by atoms with Crippen LogP contribution in [0.4, 0.5) is 0 Å². The molecule has 4 heterocycles. The second-order valence-corrected chi connectivity index (χ2v) is 23.5. The Kier molecular flexibility index (Phi) is 23.0. The summed E-state index contributed by atoms with van der Waals surface area (Å²) in [5, 5.41) is 23.6. The third-order valence-electron chi connectivity index (χ3n) is 16.7. The van der Waals surface area contributed by atoms with Crippen LogP contribution in [0, 0.1) is 40.9 Å². The molecule has 76 heavy (non-hydrogen) atoms. The third kappa shape index (κ3) is 16.1. The van der Waals surface area contributed by atoms with Gasteiger partial charge in [0.05, 0.1) is 31.5 Å². The van der Waals surface area contributed by atoms with Gasteiger partial charge in [-0.15, -0.1) is 0 Å². The maximum Gasteiger partial charge on any atom is 0.329 e. The summed E-state index contributed by atoms with van der Waals surface area (Å²) < 4.78 is 47.6. The molecule has 17 heteroatoms. The highest BCUT2D eigenvalue weighted by Gasteiger charge is 2.53. The Hall–Kier alpha value is -3.94. The predicted octanol–water partition coefficient (Wildman–Crippen LogP) is 7.52. The van der Waals surface area contributed by atoms with Crippen LogP contribution in [0.25, 0.3) is 0 Å². The summed E-state index contributed by atoms with van der Waals surface area (Å²) in [6.45, 7) is 18.3. The van der Waals surface area contributed by atoms with Crippen molar-refractivity contribution in [3.63, 3.8) is 0 Å². The van der Waals surface area contributed by atoms with E-state index in [9.17, 15) is 39.0 Å². The number of nitrogens with zero attached hydrogens (tertiary/aromatic N) is 1. The Bertz CT molecular complexity index is 2140. The zero-order valence-electron chi connectivity index (χ0n) is 47.7.